The minimum Gasteiger partial charge on any atom is -0.496 e. The van der Waals surface area contributed by atoms with E-state index in [-0.39, 0.29) is 18.2 Å². The summed E-state index contributed by atoms with van der Waals surface area (Å²) in [5, 5.41) is 5.72. The molecule has 0 unspecified atom stereocenters. The van der Waals surface area contributed by atoms with Gasteiger partial charge in [0.1, 0.15) is 5.75 Å². The van der Waals surface area contributed by atoms with E-state index < -0.39 is 0 Å². The molecular weight excluding hydrogens is 292 g/mol. The summed E-state index contributed by atoms with van der Waals surface area (Å²) in [6.07, 6.45) is 1.42. The highest BCUT2D eigenvalue weighted by molar-refractivity contribution is 5.96. The maximum Gasteiger partial charge on any atom is 0.228 e. The Morgan fingerprint density at radius 1 is 1.22 bits per heavy atom. The number of para-hydroxylation sites is 1. The summed E-state index contributed by atoms with van der Waals surface area (Å²) < 4.78 is 5.26. The molecular formula is C18H18N2O3. The van der Waals surface area contributed by atoms with Gasteiger partial charge in [0.2, 0.25) is 11.8 Å². The molecule has 118 valence electrons. The van der Waals surface area contributed by atoms with E-state index in [1.165, 1.54) is 0 Å². The van der Waals surface area contributed by atoms with Crippen molar-refractivity contribution in [2.75, 3.05) is 17.7 Å². The number of ether oxygens (including phenoxy) is 1. The molecule has 0 aromatic heterocycles. The Balaban J connectivity index is 1.70. The summed E-state index contributed by atoms with van der Waals surface area (Å²) in [5.74, 6) is 0.635. The van der Waals surface area contributed by atoms with E-state index >= 15 is 0 Å². The van der Waals surface area contributed by atoms with Gasteiger partial charge in [-0.25, -0.2) is 0 Å². The number of carbonyl (C=O) groups excluding carboxylic acids is 2. The van der Waals surface area contributed by atoms with Gasteiger partial charge in [-0.15, -0.1) is 0 Å². The maximum absolute atomic E-state index is 12.2. The van der Waals surface area contributed by atoms with E-state index in [4.69, 9.17) is 4.74 Å². The first-order chi connectivity index (χ1) is 11.2. The van der Waals surface area contributed by atoms with Gasteiger partial charge in [-0.05, 0) is 36.2 Å². The Bertz CT molecular complexity index is 756. The van der Waals surface area contributed by atoms with E-state index in [1.807, 2.05) is 36.4 Å². The van der Waals surface area contributed by atoms with Gasteiger partial charge >= 0.3 is 0 Å². The van der Waals surface area contributed by atoms with Crippen LogP contribution in [0.1, 0.15) is 17.5 Å². The van der Waals surface area contributed by atoms with Crippen LogP contribution < -0.4 is 15.4 Å². The van der Waals surface area contributed by atoms with Crippen molar-refractivity contribution in [3.05, 3.63) is 53.6 Å². The fourth-order valence-corrected chi connectivity index (χ4v) is 2.69. The van der Waals surface area contributed by atoms with Gasteiger partial charge in [0.05, 0.1) is 13.5 Å². The lowest BCUT2D eigenvalue weighted by molar-refractivity contribution is -0.117. The summed E-state index contributed by atoms with van der Waals surface area (Å²) in [5.41, 5.74) is 3.45. The number of amides is 2. The molecule has 1 heterocycles. The van der Waals surface area contributed by atoms with Crippen LogP contribution in [0.2, 0.25) is 0 Å². The molecule has 2 N–H and O–H groups in total. The van der Waals surface area contributed by atoms with Gasteiger partial charge in [-0.2, -0.15) is 0 Å². The minimum atomic E-state index is -0.103. The van der Waals surface area contributed by atoms with Crippen LogP contribution in [0.3, 0.4) is 0 Å². The monoisotopic (exact) mass is 310 g/mol. The lowest BCUT2D eigenvalue weighted by atomic mass is 10.0. The predicted molar refractivity (Wildman–Crippen MR) is 88.7 cm³/mol. The van der Waals surface area contributed by atoms with E-state index in [1.54, 1.807) is 13.2 Å². The molecule has 0 spiro atoms. The lowest BCUT2D eigenvalue weighted by Gasteiger charge is -2.17. The zero-order valence-corrected chi connectivity index (χ0v) is 12.9. The Labute approximate surface area is 134 Å². The molecule has 0 saturated heterocycles. The molecule has 0 fully saturated rings. The van der Waals surface area contributed by atoms with Crippen LogP contribution >= 0.6 is 0 Å². The number of carbonyl (C=O) groups is 2. The second kappa shape index (κ2) is 6.52. The zero-order valence-electron chi connectivity index (χ0n) is 12.9. The standard InChI is InChI=1S/C18H18N2O3/c1-23-16-5-3-2-4-13(16)11-18(22)19-14-7-8-15-12(10-14)6-9-17(21)20-15/h2-5,7-8,10H,6,9,11H2,1H3,(H,19,22)(H,20,21). The number of hydrogen-bond donors (Lipinski definition) is 2. The summed E-state index contributed by atoms with van der Waals surface area (Å²) in [4.78, 5) is 23.6. The van der Waals surface area contributed by atoms with Crippen LogP contribution in [0.15, 0.2) is 42.5 Å². The molecule has 0 radical (unpaired) electrons. The topological polar surface area (TPSA) is 67.4 Å². The zero-order chi connectivity index (χ0) is 16.2. The third kappa shape index (κ3) is 3.51. The highest BCUT2D eigenvalue weighted by Crippen LogP contribution is 2.26. The van der Waals surface area contributed by atoms with Crippen molar-refractivity contribution in [1.29, 1.82) is 0 Å². The highest BCUT2D eigenvalue weighted by atomic mass is 16.5. The van der Waals surface area contributed by atoms with E-state index in [0.717, 1.165) is 22.5 Å². The van der Waals surface area contributed by atoms with Crippen LogP contribution in [0.5, 0.6) is 5.75 Å². The smallest absolute Gasteiger partial charge is 0.228 e. The average Bonchev–Trinajstić information content (AvgIpc) is 2.55. The summed E-state index contributed by atoms with van der Waals surface area (Å²) in [6.45, 7) is 0. The molecule has 2 amide bonds. The summed E-state index contributed by atoms with van der Waals surface area (Å²) in [6, 6.07) is 13.0. The number of aryl methyl sites for hydroxylation is 1. The fourth-order valence-electron chi connectivity index (χ4n) is 2.69. The van der Waals surface area contributed by atoms with Crippen LogP contribution in [0.4, 0.5) is 11.4 Å². The van der Waals surface area contributed by atoms with Gasteiger partial charge in [-0.1, -0.05) is 18.2 Å². The van der Waals surface area contributed by atoms with Gasteiger partial charge in [0.25, 0.3) is 0 Å². The Kier molecular flexibility index (Phi) is 4.28. The molecule has 2 aromatic carbocycles. The first-order valence-electron chi connectivity index (χ1n) is 7.50. The van der Waals surface area contributed by atoms with E-state index in [2.05, 4.69) is 10.6 Å². The number of rotatable bonds is 4. The van der Waals surface area contributed by atoms with Crippen LogP contribution in [-0.4, -0.2) is 18.9 Å². The number of anilines is 2. The van der Waals surface area contributed by atoms with E-state index in [0.29, 0.717) is 18.6 Å². The third-order valence-electron chi connectivity index (χ3n) is 3.83. The van der Waals surface area contributed by atoms with Crippen molar-refractivity contribution in [2.24, 2.45) is 0 Å². The number of hydrogen-bond acceptors (Lipinski definition) is 3. The Hall–Kier alpha value is -2.82. The second-order valence-electron chi connectivity index (χ2n) is 5.46. The van der Waals surface area contributed by atoms with Gasteiger partial charge in [0, 0.05) is 23.4 Å². The van der Waals surface area contributed by atoms with Crippen molar-refractivity contribution >= 4 is 23.2 Å². The Morgan fingerprint density at radius 2 is 2.04 bits per heavy atom. The quantitative estimate of drug-likeness (QED) is 0.912. The molecule has 1 aliphatic heterocycles. The van der Waals surface area contributed by atoms with Crippen molar-refractivity contribution in [1.82, 2.24) is 0 Å². The second-order valence-corrected chi connectivity index (χ2v) is 5.46. The van der Waals surface area contributed by atoms with Gasteiger partial charge < -0.3 is 15.4 Å². The SMILES string of the molecule is COc1ccccc1CC(=O)Nc1ccc2c(c1)CCC(=O)N2. The van der Waals surface area contributed by atoms with Crippen LogP contribution in [-0.2, 0) is 22.4 Å². The van der Waals surface area contributed by atoms with Gasteiger partial charge in [0.15, 0.2) is 0 Å². The minimum absolute atomic E-state index is 0.0328. The van der Waals surface area contributed by atoms with Crippen LogP contribution in [0.25, 0.3) is 0 Å². The summed E-state index contributed by atoms with van der Waals surface area (Å²) >= 11 is 0. The molecule has 1 aliphatic rings. The maximum atomic E-state index is 12.2. The highest BCUT2D eigenvalue weighted by Gasteiger charge is 2.15. The summed E-state index contributed by atoms with van der Waals surface area (Å²) in [7, 11) is 1.59. The molecule has 0 saturated carbocycles. The van der Waals surface area contributed by atoms with Crippen LogP contribution in [0, 0.1) is 0 Å². The first kappa shape index (κ1) is 15.1. The van der Waals surface area contributed by atoms with Crippen molar-refractivity contribution < 1.29 is 14.3 Å². The molecule has 2 aromatic rings. The first-order valence-corrected chi connectivity index (χ1v) is 7.50. The molecule has 23 heavy (non-hydrogen) atoms. The number of nitrogens with one attached hydrogen (secondary N) is 2. The van der Waals surface area contributed by atoms with E-state index in [9.17, 15) is 9.59 Å². The Morgan fingerprint density at radius 3 is 2.87 bits per heavy atom. The fraction of sp³-hybridized carbons (Fsp3) is 0.222. The molecule has 5 nitrogen and oxygen atoms in total. The van der Waals surface area contributed by atoms with Crippen molar-refractivity contribution in [2.45, 2.75) is 19.3 Å². The molecule has 0 atom stereocenters. The third-order valence-corrected chi connectivity index (χ3v) is 3.83. The molecule has 0 bridgehead atoms. The average molecular weight is 310 g/mol. The van der Waals surface area contributed by atoms with Gasteiger partial charge in [-0.3, -0.25) is 9.59 Å². The number of methoxy groups -OCH3 is 1. The van der Waals surface area contributed by atoms with Crippen molar-refractivity contribution in [3.63, 3.8) is 0 Å². The lowest BCUT2D eigenvalue weighted by Crippen LogP contribution is -2.20. The predicted octanol–water partition coefficient (Wildman–Crippen LogP) is 2.76. The number of benzene rings is 2. The largest absolute Gasteiger partial charge is 0.496 e. The molecule has 5 heteroatoms. The number of fused-ring (bicyclic) bond motifs is 1. The molecule has 0 aliphatic carbocycles. The normalized spacial score (nSPS) is 13.0. The molecule has 3 rings (SSSR count). The van der Waals surface area contributed by atoms with Crippen molar-refractivity contribution in [3.8, 4) is 5.75 Å².